The maximum atomic E-state index is 3.80. The Kier molecular flexibility index (Phi) is 4.25. The van der Waals surface area contributed by atoms with Crippen LogP contribution in [-0.4, -0.2) is 29.6 Å². The molecule has 3 heteroatoms. The molecule has 0 amide bonds. The number of nitrogens with one attached hydrogen (secondary N) is 1. The second-order valence-corrected chi connectivity index (χ2v) is 7.06. The summed E-state index contributed by atoms with van der Waals surface area (Å²) in [5.41, 5.74) is 1.96. The fourth-order valence-electron chi connectivity index (χ4n) is 3.78. The maximum absolute atomic E-state index is 3.80. The lowest BCUT2D eigenvalue weighted by atomic mass is 9.78. The van der Waals surface area contributed by atoms with Gasteiger partial charge in [-0.05, 0) is 41.7 Å². The minimum atomic E-state index is 0.450. The van der Waals surface area contributed by atoms with Gasteiger partial charge in [-0.3, -0.25) is 4.90 Å². The van der Waals surface area contributed by atoms with Crippen LogP contribution in [0.2, 0.25) is 0 Å². The molecule has 1 spiro atoms. The van der Waals surface area contributed by atoms with Crippen molar-refractivity contribution >= 4 is 11.3 Å². The van der Waals surface area contributed by atoms with Gasteiger partial charge in [-0.1, -0.05) is 26.2 Å². The Hall–Kier alpha value is -0.380. The van der Waals surface area contributed by atoms with E-state index in [4.69, 9.17) is 0 Å². The molecule has 1 aliphatic heterocycles. The molecule has 19 heavy (non-hydrogen) atoms. The lowest BCUT2D eigenvalue weighted by molar-refractivity contribution is 0.00282. The van der Waals surface area contributed by atoms with E-state index in [0.29, 0.717) is 11.6 Å². The Morgan fingerprint density at radius 3 is 2.89 bits per heavy atom. The molecular weight excluding hydrogens is 252 g/mol. The molecule has 106 valence electrons. The third kappa shape index (κ3) is 2.88. The van der Waals surface area contributed by atoms with Gasteiger partial charge >= 0.3 is 0 Å². The zero-order chi connectivity index (χ0) is 13.1. The van der Waals surface area contributed by atoms with Crippen molar-refractivity contribution in [3.05, 3.63) is 22.4 Å². The summed E-state index contributed by atoms with van der Waals surface area (Å²) >= 11 is 1.83. The minimum absolute atomic E-state index is 0.450. The summed E-state index contributed by atoms with van der Waals surface area (Å²) in [6.45, 7) is 5.89. The summed E-state index contributed by atoms with van der Waals surface area (Å²) < 4.78 is 0. The van der Waals surface area contributed by atoms with Gasteiger partial charge in [-0.2, -0.15) is 11.3 Å². The third-order valence-electron chi connectivity index (χ3n) is 5.06. The molecule has 1 aliphatic carbocycles. The van der Waals surface area contributed by atoms with E-state index in [-0.39, 0.29) is 0 Å². The molecular formula is C16H26N2S. The van der Waals surface area contributed by atoms with Gasteiger partial charge in [0.2, 0.25) is 0 Å². The smallest absolute Gasteiger partial charge is 0.0338 e. The predicted molar refractivity (Wildman–Crippen MR) is 82.6 cm³/mol. The van der Waals surface area contributed by atoms with Crippen molar-refractivity contribution in [1.82, 2.24) is 10.2 Å². The van der Waals surface area contributed by atoms with Crippen molar-refractivity contribution in [2.24, 2.45) is 0 Å². The third-order valence-corrected chi connectivity index (χ3v) is 5.79. The first kappa shape index (κ1) is 13.6. The topological polar surface area (TPSA) is 15.3 Å². The molecule has 2 heterocycles. The molecule has 1 aromatic rings. The highest BCUT2D eigenvalue weighted by Gasteiger charge is 2.41. The molecule has 1 saturated heterocycles. The summed E-state index contributed by atoms with van der Waals surface area (Å²) in [5.74, 6) is 0. The van der Waals surface area contributed by atoms with Gasteiger partial charge < -0.3 is 5.32 Å². The van der Waals surface area contributed by atoms with Crippen LogP contribution in [0.4, 0.5) is 0 Å². The number of thiophene rings is 1. The van der Waals surface area contributed by atoms with E-state index in [1.807, 2.05) is 11.3 Å². The van der Waals surface area contributed by atoms with Gasteiger partial charge in [0, 0.05) is 31.2 Å². The monoisotopic (exact) mass is 278 g/mol. The SMILES string of the molecule is CCC1CN(Cc2ccsc2)C2(CCCCC2)CN1. The Morgan fingerprint density at radius 1 is 1.37 bits per heavy atom. The Labute approximate surface area is 121 Å². The summed E-state index contributed by atoms with van der Waals surface area (Å²) in [7, 11) is 0. The van der Waals surface area contributed by atoms with Crippen LogP contribution in [0.5, 0.6) is 0 Å². The van der Waals surface area contributed by atoms with E-state index >= 15 is 0 Å². The van der Waals surface area contributed by atoms with Gasteiger partial charge in [0.25, 0.3) is 0 Å². The minimum Gasteiger partial charge on any atom is -0.311 e. The Morgan fingerprint density at radius 2 is 2.21 bits per heavy atom. The normalized spacial score (nSPS) is 27.7. The zero-order valence-electron chi connectivity index (χ0n) is 12.0. The highest BCUT2D eigenvalue weighted by atomic mass is 32.1. The standard InChI is InChI=1S/C16H26N2S/c1-2-15-11-18(10-14-6-9-19-12-14)16(13-17-15)7-4-3-5-8-16/h6,9,12,15,17H,2-5,7-8,10-11,13H2,1H3. The molecule has 1 aromatic heterocycles. The number of piperazine rings is 1. The number of rotatable bonds is 3. The van der Waals surface area contributed by atoms with Crippen LogP contribution in [0.1, 0.15) is 51.0 Å². The van der Waals surface area contributed by atoms with Crippen LogP contribution in [0.3, 0.4) is 0 Å². The Balaban J connectivity index is 1.76. The van der Waals surface area contributed by atoms with Crippen molar-refractivity contribution in [3.8, 4) is 0 Å². The lowest BCUT2D eigenvalue weighted by Gasteiger charge is -2.52. The summed E-state index contributed by atoms with van der Waals surface area (Å²) in [6, 6.07) is 2.98. The van der Waals surface area contributed by atoms with Crippen molar-refractivity contribution in [2.75, 3.05) is 13.1 Å². The molecule has 1 saturated carbocycles. The average Bonchev–Trinajstić information content (AvgIpc) is 2.95. The van der Waals surface area contributed by atoms with Crippen LogP contribution >= 0.6 is 11.3 Å². The summed E-state index contributed by atoms with van der Waals surface area (Å²) in [6.07, 6.45) is 8.29. The second-order valence-electron chi connectivity index (χ2n) is 6.28. The van der Waals surface area contributed by atoms with Crippen LogP contribution in [0, 0.1) is 0 Å². The zero-order valence-corrected chi connectivity index (χ0v) is 12.8. The highest BCUT2D eigenvalue weighted by Crippen LogP contribution is 2.36. The largest absolute Gasteiger partial charge is 0.311 e. The molecule has 2 aliphatic rings. The fraction of sp³-hybridized carbons (Fsp3) is 0.750. The molecule has 1 unspecified atom stereocenters. The number of hydrogen-bond acceptors (Lipinski definition) is 3. The van der Waals surface area contributed by atoms with E-state index in [2.05, 4.69) is 34.0 Å². The molecule has 1 N–H and O–H groups in total. The van der Waals surface area contributed by atoms with Crippen LogP contribution in [-0.2, 0) is 6.54 Å². The van der Waals surface area contributed by atoms with Gasteiger partial charge in [-0.25, -0.2) is 0 Å². The molecule has 3 rings (SSSR count). The van der Waals surface area contributed by atoms with Crippen molar-refractivity contribution in [2.45, 2.75) is 63.6 Å². The second kappa shape index (κ2) is 5.94. The molecule has 2 nitrogen and oxygen atoms in total. The van der Waals surface area contributed by atoms with Gasteiger partial charge in [-0.15, -0.1) is 0 Å². The van der Waals surface area contributed by atoms with E-state index in [1.54, 1.807) is 0 Å². The average molecular weight is 278 g/mol. The van der Waals surface area contributed by atoms with Gasteiger partial charge in [0.1, 0.15) is 0 Å². The molecule has 2 fully saturated rings. The van der Waals surface area contributed by atoms with Crippen molar-refractivity contribution in [3.63, 3.8) is 0 Å². The van der Waals surface area contributed by atoms with Crippen molar-refractivity contribution in [1.29, 1.82) is 0 Å². The number of nitrogens with zero attached hydrogens (tertiary/aromatic N) is 1. The van der Waals surface area contributed by atoms with Crippen LogP contribution < -0.4 is 5.32 Å². The first-order chi connectivity index (χ1) is 9.32. The lowest BCUT2D eigenvalue weighted by Crippen LogP contribution is -2.64. The van der Waals surface area contributed by atoms with E-state index in [0.717, 1.165) is 6.54 Å². The quantitative estimate of drug-likeness (QED) is 0.908. The van der Waals surface area contributed by atoms with Crippen LogP contribution in [0.25, 0.3) is 0 Å². The fourth-order valence-corrected chi connectivity index (χ4v) is 4.44. The summed E-state index contributed by atoms with van der Waals surface area (Å²) in [4.78, 5) is 2.80. The predicted octanol–water partition coefficient (Wildman–Crippen LogP) is 3.63. The molecule has 0 radical (unpaired) electrons. The van der Waals surface area contributed by atoms with E-state index < -0.39 is 0 Å². The highest BCUT2D eigenvalue weighted by molar-refractivity contribution is 7.07. The first-order valence-electron chi connectivity index (χ1n) is 7.82. The molecule has 1 atom stereocenters. The molecule has 0 bridgehead atoms. The first-order valence-corrected chi connectivity index (χ1v) is 8.76. The number of hydrogen-bond donors (Lipinski definition) is 1. The van der Waals surface area contributed by atoms with Gasteiger partial charge in [0.05, 0.1) is 0 Å². The summed E-state index contributed by atoms with van der Waals surface area (Å²) in [5, 5.41) is 8.33. The maximum Gasteiger partial charge on any atom is 0.0338 e. The van der Waals surface area contributed by atoms with Crippen LogP contribution in [0.15, 0.2) is 16.8 Å². The van der Waals surface area contributed by atoms with Crippen molar-refractivity contribution < 1.29 is 0 Å². The van der Waals surface area contributed by atoms with E-state index in [9.17, 15) is 0 Å². The van der Waals surface area contributed by atoms with E-state index in [1.165, 1.54) is 57.2 Å². The Bertz CT molecular complexity index is 381. The van der Waals surface area contributed by atoms with Gasteiger partial charge in [0.15, 0.2) is 0 Å². The molecule has 0 aromatic carbocycles.